The number of rotatable bonds is 27. The molecule has 1 atom stereocenters. The number of pyridine rings is 4. The van der Waals surface area contributed by atoms with E-state index < -0.39 is 92.6 Å². The summed E-state index contributed by atoms with van der Waals surface area (Å²) in [4.78, 5) is 150. The Morgan fingerprint density at radius 1 is 0.518 bits per heavy atom. The average molecular weight is 1160 g/mol. The zero-order valence-electron chi connectivity index (χ0n) is 46.0. The normalized spacial score (nSPS) is 12.3. The lowest BCUT2D eigenvalue weighted by Crippen LogP contribution is -2.45. The van der Waals surface area contributed by atoms with Gasteiger partial charge in [0.25, 0.3) is 40.0 Å². The number of benzene rings is 1. The minimum atomic E-state index is -1.13. The molecule has 1 aromatic carbocycles. The number of aliphatic carboxylic acids is 1. The molecule has 28 heteroatoms. The van der Waals surface area contributed by atoms with Crippen molar-refractivity contribution in [3.05, 3.63) is 143 Å². The minimum Gasteiger partial charge on any atom is -0.503 e. The molecule has 0 aliphatic carbocycles. The van der Waals surface area contributed by atoms with Crippen molar-refractivity contribution in [2.75, 3.05) is 64.2 Å². The molecule has 5 aromatic rings. The Labute approximate surface area is 473 Å². The molecule has 4 amide bonds. The second-order valence-corrected chi connectivity index (χ2v) is 19.4. The molecule has 1 aliphatic heterocycles. The number of ketones is 1. The summed E-state index contributed by atoms with van der Waals surface area (Å²) in [6, 6.07) is 12.0. The Kier molecular flexibility index (Phi) is 23.3. The van der Waals surface area contributed by atoms with Gasteiger partial charge in [-0.1, -0.05) is 12.1 Å². The molecule has 1 fully saturated rings. The molecule has 0 saturated carbocycles. The quantitative estimate of drug-likeness (QED) is 0.0185. The van der Waals surface area contributed by atoms with E-state index in [1.54, 1.807) is 24.3 Å². The third-order valence-electron chi connectivity index (χ3n) is 13.1. The van der Waals surface area contributed by atoms with Gasteiger partial charge in [0.1, 0.15) is 0 Å². The summed E-state index contributed by atoms with van der Waals surface area (Å²) >= 11 is 0. The van der Waals surface area contributed by atoms with Crippen LogP contribution in [-0.4, -0.2) is 160 Å². The molecule has 28 nitrogen and oxygen atoms in total. The van der Waals surface area contributed by atoms with E-state index in [2.05, 4.69) is 26.0 Å². The van der Waals surface area contributed by atoms with Gasteiger partial charge in [-0.2, -0.15) is 0 Å². The van der Waals surface area contributed by atoms with Crippen LogP contribution in [-0.2, 0) is 58.5 Å². The molecule has 0 radical (unpaired) electrons. The summed E-state index contributed by atoms with van der Waals surface area (Å²) in [5.74, 6) is -8.47. The predicted molar refractivity (Wildman–Crippen MR) is 296 cm³/mol. The van der Waals surface area contributed by atoms with E-state index in [1.807, 2.05) is 9.80 Å². The number of amides is 4. The molecule has 4 aromatic heterocycles. The summed E-state index contributed by atoms with van der Waals surface area (Å²) in [6.45, 7) is 0.958. The highest BCUT2D eigenvalue weighted by Crippen LogP contribution is 2.20. The lowest BCUT2D eigenvalue weighted by atomic mass is 9.97. The zero-order valence-corrected chi connectivity index (χ0v) is 46.0. The van der Waals surface area contributed by atoms with Crippen molar-refractivity contribution in [2.24, 2.45) is 34.1 Å². The van der Waals surface area contributed by atoms with Crippen LogP contribution in [0.1, 0.15) is 85.5 Å². The number of aryl methyl sites for hydroxylation is 4. The van der Waals surface area contributed by atoms with Crippen molar-refractivity contribution in [2.45, 2.75) is 44.9 Å². The largest absolute Gasteiger partial charge is 0.503 e. The standard InChI is InChI=1S/C51H62N10O15.C4H4O3/c1-56-21-13-34(41(66)48(56)73)38(62)6-5-20-60(25-17-52-45(70)35-14-22-57(2)49(74)42(35)67)29-32(28-31-7-9-33(10-8-31)55-39(63)11-12-40(64)65)30-61(26-18-53-46(71)36-15-23-58(3)50(75)43(36)68)27-19-54-47(72)37-16-24-59(4)51(76)44(37)69;5-3-1-2-4(6)7-3/h7-10,13-16,21-24,32,66-69H,5-6,11-12,17-20,25-30H2,1-4H3,(H,52,70)(H,53,71)(H,54,72)(H,55,63)(H,64,65);1-2H2. The van der Waals surface area contributed by atoms with Crippen LogP contribution < -0.4 is 43.5 Å². The number of carboxylic acid groups (broad SMARTS) is 1. The van der Waals surface area contributed by atoms with Crippen molar-refractivity contribution in [1.29, 1.82) is 0 Å². The minimum absolute atomic E-state index is 0.0212. The summed E-state index contributed by atoms with van der Waals surface area (Å²) in [5, 5.41) is 61.7. The van der Waals surface area contributed by atoms with Gasteiger partial charge >= 0.3 is 17.9 Å². The summed E-state index contributed by atoms with van der Waals surface area (Å²) in [7, 11) is 5.65. The topological polar surface area (TPSA) is 390 Å². The van der Waals surface area contributed by atoms with Crippen molar-refractivity contribution >= 4 is 53.0 Å². The molecule has 9 N–H and O–H groups in total. The zero-order chi connectivity index (χ0) is 61.1. The number of nitrogens with one attached hydrogen (secondary N) is 4. The Morgan fingerprint density at radius 3 is 1.27 bits per heavy atom. The number of esters is 2. The van der Waals surface area contributed by atoms with E-state index in [9.17, 15) is 78.0 Å². The molecule has 5 heterocycles. The lowest BCUT2D eigenvalue weighted by Gasteiger charge is -2.32. The van der Waals surface area contributed by atoms with E-state index in [0.29, 0.717) is 12.1 Å². The maximum absolute atomic E-state index is 13.4. The first-order valence-corrected chi connectivity index (χ1v) is 26.1. The van der Waals surface area contributed by atoms with Gasteiger partial charge < -0.3 is 74.7 Å². The molecule has 1 saturated heterocycles. The fraction of sp³-hybridized carbons (Fsp3) is 0.382. The van der Waals surface area contributed by atoms with Crippen LogP contribution in [0.2, 0.25) is 0 Å². The van der Waals surface area contributed by atoms with E-state index in [1.165, 1.54) is 77.2 Å². The number of carbonyl (C=O) groups is 8. The number of carboxylic acids is 1. The van der Waals surface area contributed by atoms with Crippen molar-refractivity contribution in [3.8, 4) is 23.0 Å². The number of nitrogens with zero attached hydrogens (tertiary/aromatic N) is 6. The lowest BCUT2D eigenvalue weighted by molar-refractivity contribution is -0.152. The molecule has 0 bridgehead atoms. The van der Waals surface area contributed by atoms with Crippen molar-refractivity contribution < 1.29 is 68.6 Å². The van der Waals surface area contributed by atoms with Crippen molar-refractivity contribution in [3.63, 3.8) is 0 Å². The Bertz CT molecular complexity index is 3120. The molecule has 0 spiro atoms. The molecular weight excluding hydrogens is 1090 g/mol. The van der Waals surface area contributed by atoms with Crippen LogP contribution in [0, 0.1) is 5.92 Å². The van der Waals surface area contributed by atoms with E-state index in [-0.39, 0.29) is 126 Å². The molecule has 444 valence electrons. The van der Waals surface area contributed by atoms with E-state index in [4.69, 9.17) is 5.11 Å². The van der Waals surface area contributed by atoms with Gasteiger partial charge in [0, 0.05) is 124 Å². The predicted octanol–water partition coefficient (Wildman–Crippen LogP) is -0.327. The summed E-state index contributed by atoms with van der Waals surface area (Å²) in [6.07, 6.45) is 5.68. The molecular formula is C55H66N10O18. The first-order chi connectivity index (χ1) is 39.3. The third kappa shape index (κ3) is 18.7. The second-order valence-electron chi connectivity index (χ2n) is 19.4. The Hall–Kier alpha value is -9.70. The van der Waals surface area contributed by atoms with Crippen LogP contribution >= 0.6 is 0 Å². The number of cyclic esters (lactones) is 2. The van der Waals surface area contributed by atoms with Crippen LogP contribution in [0.15, 0.2) is 92.5 Å². The first kappa shape index (κ1) is 64.1. The third-order valence-corrected chi connectivity index (χ3v) is 13.1. The number of anilines is 1. The number of hydrogen-bond donors (Lipinski definition) is 9. The average Bonchev–Trinajstić information content (AvgIpc) is 3.86. The summed E-state index contributed by atoms with van der Waals surface area (Å²) < 4.78 is 8.52. The number of carbonyl (C=O) groups excluding carboxylic acids is 7. The number of aromatic hydroxyl groups is 4. The summed E-state index contributed by atoms with van der Waals surface area (Å²) in [5.41, 5.74) is -2.86. The van der Waals surface area contributed by atoms with E-state index in [0.717, 1.165) is 23.8 Å². The van der Waals surface area contributed by atoms with Gasteiger partial charge in [-0.3, -0.25) is 62.4 Å². The first-order valence-electron chi connectivity index (χ1n) is 26.1. The van der Waals surface area contributed by atoms with Crippen molar-refractivity contribution in [1.82, 2.24) is 44.0 Å². The Balaban J connectivity index is 0.00000167. The number of ether oxygens (including phenoxy) is 1. The highest BCUT2D eigenvalue weighted by molar-refractivity contribution is 5.99. The van der Waals surface area contributed by atoms with Gasteiger partial charge in [0.15, 0.2) is 28.8 Å². The monoisotopic (exact) mass is 1150 g/mol. The molecule has 1 unspecified atom stereocenters. The van der Waals surface area contributed by atoms with Gasteiger partial charge in [-0.25, -0.2) is 0 Å². The maximum Gasteiger partial charge on any atom is 0.314 e. The van der Waals surface area contributed by atoms with Gasteiger partial charge in [-0.05, 0) is 67.3 Å². The highest BCUT2D eigenvalue weighted by atomic mass is 16.6. The van der Waals surface area contributed by atoms with Gasteiger partial charge in [0.2, 0.25) is 5.91 Å². The fourth-order valence-electron chi connectivity index (χ4n) is 8.54. The number of hydrogen-bond acceptors (Lipinski definition) is 19. The molecule has 6 rings (SSSR count). The van der Waals surface area contributed by atoms with Crippen LogP contribution in [0.25, 0.3) is 0 Å². The SMILES string of the molecule is Cn1ccc(C(=O)CCCN(CCNC(=O)c2ccn(C)c(=O)c2O)CC(Cc2ccc(NC(=O)CCC(=O)O)cc2)CN(CCNC(=O)c2ccn(C)c(=O)c2O)CCNC(=O)c2ccn(C)c(=O)c2O)c(O)c1=O.O=C1CCC(=O)O1. The van der Waals surface area contributed by atoms with Gasteiger partial charge in [0.05, 0.1) is 41.5 Å². The number of Topliss-reactive ketones (excluding diaryl/α,β-unsaturated/α-hetero) is 1. The number of aromatic nitrogens is 4. The second kappa shape index (κ2) is 30.2. The smallest absolute Gasteiger partial charge is 0.314 e. The van der Waals surface area contributed by atoms with E-state index >= 15 is 0 Å². The molecule has 1 aliphatic rings. The van der Waals surface area contributed by atoms with Crippen LogP contribution in [0.5, 0.6) is 23.0 Å². The molecule has 83 heavy (non-hydrogen) atoms. The maximum atomic E-state index is 13.4. The highest BCUT2D eigenvalue weighted by Gasteiger charge is 2.24. The van der Waals surface area contributed by atoms with Crippen LogP contribution in [0.4, 0.5) is 5.69 Å². The Morgan fingerprint density at radius 2 is 0.892 bits per heavy atom. The van der Waals surface area contributed by atoms with Gasteiger partial charge in [-0.15, -0.1) is 0 Å². The fourth-order valence-corrected chi connectivity index (χ4v) is 8.54. The van der Waals surface area contributed by atoms with Crippen LogP contribution in [0.3, 0.4) is 0 Å².